The predicted octanol–water partition coefficient (Wildman–Crippen LogP) is 2.53. The smallest absolute Gasteiger partial charge is 0.193 e. The number of hydrogen-bond donors (Lipinski definition) is 1. The first-order valence-electron chi connectivity index (χ1n) is 8.87. The second kappa shape index (κ2) is 12.9. The van der Waals surface area contributed by atoms with Gasteiger partial charge in [-0.2, -0.15) is 0 Å². The second-order valence-electron chi connectivity index (χ2n) is 6.59. The summed E-state index contributed by atoms with van der Waals surface area (Å²) in [4.78, 5) is 10.4. The Bertz CT molecular complexity index is 513. The van der Waals surface area contributed by atoms with Crippen LogP contribution in [0.3, 0.4) is 0 Å². The molecule has 0 amide bonds. The zero-order valence-electron chi connectivity index (χ0n) is 16.3. The Morgan fingerprint density at radius 3 is 2.88 bits per heavy atom. The van der Waals surface area contributed by atoms with Gasteiger partial charge in [-0.05, 0) is 32.0 Å². The molecule has 0 spiro atoms. The minimum Gasteiger partial charge on any atom is -0.382 e. The van der Waals surface area contributed by atoms with Gasteiger partial charge in [0.2, 0.25) is 0 Å². The van der Waals surface area contributed by atoms with E-state index >= 15 is 0 Å². The summed E-state index contributed by atoms with van der Waals surface area (Å²) >= 11 is 1.80. The van der Waals surface area contributed by atoms with Gasteiger partial charge in [0.1, 0.15) is 0 Å². The van der Waals surface area contributed by atoms with E-state index < -0.39 is 0 Å². The number of aliphatic imine (C=N–C) groups is 1. The molecule has 1 saturated heterocycles. The van der Waals surface area contributed by atoms with Crippen LogP contribution in [0.15, 0.2) is 22.5 Å². The SMILES string of the molecule is CN=C(NCC(c1cccs1)N(C)C)N1CCC(COCCOC)C1.I. The molecule has 8 heteroatoms. The molecule has 0 bridgehead atoms. The molecule has 2 unspecified atom stereocenters. The summed E-state index contributed by atoms with van der Waals surface area (Å²) in [6.45, 7) is 5.01. The third kappa shape index (κ3) is 7.30. The zero-order valence-corrected chi connectivity index (χ0v) is 19.5. The molecule has 2 atom stereocenters. The molecule has 1 aromatic heterocycles. The van der Waals surface area contributed by atoms with Crippen LogP contribution in [0.25, 0.3) is 0 Å². The average molecular weight is 496 g/mol. The van der Waals surface area contributed by atoms with Crippen molar-refractivity contribution in [2.24, 2.45) is 10.9 Å². The van der Waals surface area contributed by atoms with Crippen LogP contribution in [0.2, 0.25) is 0 Å². The number of likely N-dealkylation sites (tertiary alicyclic amines) is 1. The van der Waals surface area contributed by atoms with Crippen molar-refractivity contribution in [2.75, 3.05) is 67.7 Å². The number of halogens is 1. The number of guanidine groups is 1. The van der Waals surface area contributed by atoms with Crippen LogP contribution in [0, 0.1) is 5.92 Å². The molecule has 0 saturated carbocycles. The van der Waals surface area contributed by atoms with Crippen LogP contribution in [-0.4, -0.2) is 83.5 Å². The molecule has 2 rings (SSSR count). The molecule has 1 aliphatic heterocycles. The highest BCUT2D eigenvalue weighted by Crippen LogP contribution is 2.23. The van der Waals surface area contributed by atoms with Gasteiger partial charge in [-0.3, -0.25) is 4.99 Å². The zero-order chi connectivity index (χ0) is 18.1. The molecule has 0 aliphatic carbocycles. The Labute approximate surface area is 179 Å². The Kier molecular flexibility index (Phi) is 11.7. The first-order chi connectivity index (χ1) is 12.2. The van der Waals surface area contributed by atoms with Gasteiger partial charge in [0, 0.05) is 44.6 Å². The maximum absolute atomic E-state index is 5.68. The Morgan fingerprint density at radius 1 is 1.46 bits per heavy atom. The van der Waals surface area contributed by atoms with Crippen molar-refractivity contribution in [3.8, 4) is 0 Å². The number of likely N-dealkylation sites (N-methyl/N-ethyl adjacent to an activating group) is 1. The summed E-state index contributed by atoms with van der Waals surface area (Å²) in [7, 11) is 7.81. The maximum Gasteiger partial charge on any atom is 0.193 e. The lowest BCUT2D eigenvalue weighted by Gasteiger charge is -2.27. The first-order valence-corrected chi connectivity index (χ1v) is 9.75. The molecule has 150 valence electrons. The number of methoxy groups -OCH3 is 1. The number of ether oxygens (including phenoxy) is 2. The van der Waals surface area contributed by atoms with Crippen molar-refractivity contribution in [3.05, 3.63) is 22.4 Å². The number of thiophene rings is 1. The lowest BCUT2D eigenvalue weighted by atomic mass is 10.1. The van der Waals surface area contributed by atoms with E-state index in [1.165, 1.54) is 4.88 Å². The van der Waals surface area contributed by atoms with Crippen LogP contribution < -0.4 is 5.32 Å². The normalized spacial score (nSPS) is 18.9. The Balaban J connectivity index is 0.00000338. The summed E-state index contributed by atoms with van der Waals surface area (Å²) in [6.07, 6.45) is 1.15. The van der Waals surface area contributed by atoms with Gasteiger partial charge in [0.25, 0.3) is 0 Å². The minimum atomic E-state index is 0. The molecule has 1 aliphatic rings. The standard InChI is InChI=1S/C18H32N4O2S.HI/c1-19-18(20-12-16(21(2)3)17-6-5-11-25-17)22-8-7-15(13-22)14-24-10-9-23-4;/h5-6,11,15-16H,7-10,12-14H2,1-4H3,(H,19,20);1H. The van der Waals surface area contributed by atoms with Crippen LogP contribution in [0.5, 0.6) is 0 Å². The summed E-state index contributed by atoms with van der Waals surface area (Å²) in [5.41, 5.74) is 0. The highest BCUT2D eigenvalue weighted by molar-refractivity contribution is 14.0. The third-order valence-electron chi connectivity index (χ3n) is 4.53. The molecule has 6 nitrogen and oxygen atoms in total. The molecular weight excluding hydrogens is 463 g/mol. The van der Waals surface area contributed by atoms with Gasteiger partial charge >= 0.3 is 0 Å². The Hall–Kier alpha value is -0.420. The van der Waals surface area contributed by atoms with E-state index in [2.05, 4.69) is 51.7 Å². The monoisotopic (exact) mass is 496 g/mol. The fourth-order valence-corrected chi connectivity index (χ4v) is 4.01. The predicted molar refractivity (Wildman–Crippen MR) is 120 cm³/mol. The quantitative estimate of drug-likeness (QED) is 0.247. The van der Waals surface area contributed by atoms with E-state index in [0.29, 0.717) is 25.2 Å². The molecule has 0 aromatic carbocycles. The van der Waals surface area contributed by atoms with Crippen LogP contribution >= 0.6 is 35.3 Å². The molecule has 1 N–H and O–H groups in total. The van der Waals surface area contributed by atoms with Crippen molar-refractivity contribution in [3.63, 3.8) is 0 Å². The maximum atomic E-state index is 5.68. The lowest BCUT2D eigenvalue weighted by molar-refractivity contribution is 0.0536. The van der Waals surface area contributed by atoms with Gasteiger partial charge in [-0.15, -0.1) is 35.3 Å². The van der Waals surface area contributed by atoms with Gasteiger partial charge in [-0.1, -0.05) is 6.07 Å². The van der Waals surface area contributed by atoms with E-state index in [-0.39, 0.29) is 24.0 Å². The highest BCUT2D eigenvalue weighted by Gasteiger charge is 2.25. The van der Waals surface area contributed by atoms with Crippen molar-refractivity contribution in [1.29, 1.82) is 0 Å². The van der Waals surface area contributed by atoms with Crippen LogP contribution in [0.1, 0.15) is 17.3 Å². The van der Waals surface area contributed by atoms with E-state index in [1.54, 1.807) is 18.4 Å². The molecule has 1 aromatic rings. The van der Waals surface area contributed by atoms with Gasteiger partial charge < -0.3 is 24.6 Å². The highest BCUT2D eigenvalue weighted by atomic mass is 127. The summed E-state index contributed by atoms with van der Waals surface area (Å²) in [5.74, 6) is 1.56. The summed E-state index contributed by atoms with van der Waals surface area (Å²) < 4.78 is 10.7. The summed E-state index contributed by atoms with van der Waals surface area (Å²) in [6, 6.07) is 4.66. The van der Waals surface area contributed by atoms with E-state index in [1.807, 2.05) is 7.05 Å². The lowest BCUT2D eigenvalue weighted by Crippen LogP contribution is -2.43. The van der Waals surface area contributed by atoms with Gasteiger partial charge in [0.05, 0.1) is 25.9 Å². The van der Waals surface area contributed by atoms with Crippen molar-refractivity contribution in [2.45, 2.75) is 12.5 Å². The van der Waals surface area contributed by atoms with E-state index in [9.17, 15) is 0 Å². The average Bonchev–Trinajstić information content (AvgIpc) is 3.27. The van der Waals surface area contributed by atoms with Gasteiger partial charge in [-0.25, -0.2) is 0 Å². The fourth-order valence-electron chi connectivity index (χ4n) is 3.09. The van der Waals surface area contributed by atoms with Crippen molar-refractivity contribution >= 4 is 41.3 Å². The largest absolute Gasteiger partial charge is 0.382 e. The Morgan fingerprint density at radius 2 is 2.27 bits per heavy atom. The van der Waals surface area contributed by atoms with Crippen molar-refractivity contribution in [1.82, 2.24) is 15.1 Å². The molecular formula is C18H33IN4O2S. The van der Waals surface area contributed by atoms with Crippen molar-refractivity contribution < 1.29 is 9.47 Å². The molecule has 0 radical (unpaired) electrons. The molecule has 26 heavy (non-hydrogen) atoms. The fraction of sp³-hybridized carbons (Fsp3) is 0.722. The minimum absolute atomic E-state index is 0. The number of hydrogen-bond acceptors (Lipinski definition) is 5. The van der Waals surface area contributed by atoms with E-state index in [0.717, 1.165) is 38.6 Å². The third-order valence-corrected chi connectivity index (χ3v) is 5.50. The molecule has 2 heterocycles. The topological polar surface area (TPSA) is 49.3 Å². The van der Waals surface area contributed by atoms with Crippen LogP contribution in [-0.2, 0) is 9.47 Å². The second-order valence-corrected chi connectivity index (χ2v) is 7.57. The number of rotatable bonds is 9. The van der Waals surface area contributed by atoms with Crippen LogP contribution in [0.4, 0.5) is 0 Å². The summed E-state index contributed by atoms with van der Waals surface area (Å²) in [5, 5.41) is 5.69. The number of nitrogens with zero attached hydrogens (tertiary/aromatic N) is 3. The van der Waals surface area contributed by atoms with Gasteiger partial charge in [0.15, 0.2) is 5.96 Å². The molecule has 1 fully saturated rings. The first kappa shape index (κ1) is 23.6. The number of nitrogens with one attached hydrogen (secondary N) is 1. The van der Waals surface area contributed by atoms with E-state index in [4.69, 9.17) is 9.47 Å².